The number of hydrogen-bond acceptors (Lipinski definition) is 4. The van der Waals surface area contributed by atoms with Gasteiger partial charge in [0, 0.05) is 19.5 Å². The minimum Gasteiger partial charge on any atom is -0.497 e. The molecule has 2 aromatic carbocycles. The molecule has 1 saturated heterocycles. The molecular formula is C23H24N2O4. The van der Waals surface area contributed by atoms with Crippen LogP contribution in [0.3, 0.4) is 0 Å². The van der Waals surface area contributed by atoms with Gasteiger partial charge in [-0.25, -0.2) is 0 Å². The Balaban J connectivity index is 1.43. The molecule has 2 aliphatic rings. The number of rotatable bonds is 5. The second-order valence-electron chi connectivity index (χ2n) is 7.58. The third-order valence-corrected chi connectivity index (χ3v) is 5.75. The summed E-state index contributed by atoms with van der Waals surface area (Å²) < 4.78 is 5.21. The highest BCUT2D eigenvalue weighted by Gasteiger charge is 2.36. The Morgan fingerprint density at radius 3 is 2.52 bits per heavy atom. The van der Waals surface area contributed by atoms with E-state index in [-0.39, 0.29) is 36.7 Å². The summed E-state index contributed by atoms with van der Waals surface area (Å²) in [7, 11) is 1.63. The third-order valence-electron chi connectivity index (χ3n) is 5.75. The highest BCUT2D eigenvalue weighted by Crippen LogP contribution is 2.33. The minimum atomic E-state index is -0.314. The maximum absolute atomic E-state index is 12.9. The highest BCUT2D eigenvalue weighted by molar-refractivity contribution is 6.21. The fraction of sp³-hybridized carbons (Fsp3) is 0.348. The Bertz CT molecular complexity index is 967. The number of carbonyl (C=O) groups excluding carboxylic acids is 3. The number of fused-ring (bicyclic) bond motifs is 1. The Hall–Kier alpha value is -3.15. The van der Waals surface area contributed by atoms with Crippen molar-refractivity contribution in [2.24, 2.45) is 0 Å². The molecule has 0 aliphatic carbocycles. The van der Waals surface area contributed by atoms with E-state index in [9.17, 15) is 14.4 Å². The summed E-state index contributed by atoms with van der Waals surface area (Å²) >= 11 is 0. The lowest BCUT2D eigenvalue weighted by molar-refractivity contribution is -0.132. The van der Waals surface area contributed by atoms with Crippen molar-refractivity contribution in [2.45, 2.75) is 32.2 Å². The van der Waals surface area contributed by atoms with E-state index >= 15 is 0 Å². The standard InChI is InChI=1S/C23H24N2O4/c1-15-5-10-18-19(14-15)23(28)25(22(18)27)13-11-21(26)24-12-3-4-20(24)16-6-8-17(29-2)9-7-16/h5-10,14,20H,3-4,11-13H2,1-2H3. The number of amides is 3. The van der Waals surface area contributed by atoms with Crippen molar-refractivity contribution in [2.75, 3.05) is 20.2 Å². The number of methoxy groups -OCH3 is 1. The molecule has 0 bridgehead atoms. The van der Waals surface area contributed by atoms with Crippen LogP contribution in [-0.4, -0.2) is 47.7 Å². The zero-order chi connectivity index (χ0) is 20.5. The van der Waals surface area contributed by atoms with Crippen LogP contribution in [0.2, 0.25) is 0 Å². The van der Waals surface area contributed by atoms with Gasteiger partial charge in [-0.15, -0.1) is 0 Å². The van der Waals surface area contributed by atoms with Crippen LogP contribution in [0.4, 0.5) is 0 Å². The summed E-state index contributed by atoms with van der Waals surface area (Å²) in [5.41, 5.74) is 2.86. The van der Waals surface area contributed by atoms with Crippen molar-refractivity contribution in [3.63, 3.8) is 0 Å². The van der Waals surface area contributed by atoms with Gasteiger partial charge in [-0.2, -0.15) is 0 Å². The Labute approximate surface area is 170 Å². The van der Waals surface area contributed by atoms with Gasteiger partial charge in [0.25, 0.3) is 11.8 Å². The molecule has 0 radical (unpaired) electrons. The van der Waals surface area contributed by atoms with Crippen molar-refractivity contribution in [3.05, 3.63) is 64.7 Å². The first-order chi connectivity index (χ1) is 14.0. The monoisotopic (exact) mass is 392 g/mol. The normalized spacial score (nSPS) is 18.3. The zero-order valence-corrected chi connectivity index (χ0v) is 16.7. The maximum Gasteiger partial charge on any atom is 0.261 e. The molecule has 0 saturated carbocycles. The lowest BCUT2D eigenvalue weighted by atomic mass is 10.0. The molecule has 6 nitrogen and oxygen atoms in total. The summed E-state index contributed by atoms with van der Waals surface area (Å²) in [5.74, 6) is 0.127. The fourth-order valence-electron chi connectivity index (χ4n) is 4.20. The number of carbonyl (C=O) groups is 3. The van der Waals surface area contributed by atoms with Gasteiger partial charge in [0.05, 0.1) is 24.3 Å². The van der Waals surface area contributed by atoms with Crippen molar-refractivity contribution < 1.29 is 19.1 Å². The van der Waals surface area contributed by atoms with E-state index < -0.39 is 0 Å². The van der Waals surface area contributed by atoms with Gasteiger partial charge in [-0.05, 0) is 49.6 Å². The predicted octanol–water partition coefficient (Wildman–Crippen LogP) is 3.35. The Morgan fingerprint density at radius 2 is 1.79 bits per heavy atom. The van der Waals surface area contributed by atoms with Crippen LogP contribution in [0.1, 0.15) is 57.1 Å². The number of aryl methyl sites for hydroxylation is 1. The second kappa shape index (κ2) is 7.70. The molecule has 150 valence electrons. The minimum absolute atomic E-state index is 0.0261. The highest BCUT2D eigenvalue weighted by atomic mass is 16.5. The SMILES string of the molecule is COc1ccc(C2CCCN2C(=O)CCN2C(=O)c3ccc(C)cc3C2=O)cc1. The molecule has 4 rings (SSSR count). The van der Waals surface area contributed by atoms with E-state index in [2.05, 4.69) is 0 Å². The van der Waals surface area contributed by atoms with Crippen molar-refractivity contribution in [1.29, 1.82) is 0 Å². The molecule has 1 unspecified atom stereocenters. The van der Waals surface area contributed by atoms with E-state index in [0.717, 1.165) is 29.7 Å². The Morgan fingerprint density at radius 1 is 1.07 bits per heavy atom. The molecule has 3 amide bonds. The van der Waals surface area contributed by atoms with Gasteiger partial charge < -0.3 is 9.64 Å². The number of ether oxygens (including phenoxy) is 1. The van der Waals surface area contributed by atoms with Gasteiger partial charge in [0.1, 0.15) is 5.75 Å². The molecule has 2 heterocycles. The van der Waals surface area contributed by atoms with Crippen molar-refractivity contribution in [1.82, 2.24) is 9.80 Å². The first-order valence-electron chi connectivity index (χ1n) is 9.90. The molecule has 2 aromatic rings. The van der Waals surface area contributed by atoms with Crippen LogP contribution in [0.15, 0.2) is 42.5 Å². The third kappa shape index (κ3) is 3.50. The molecule has 1 atom stereocenters. The van der Waals surface area contributed by atoms with Crippen LogP contribution in [0, 0.1) is 6.92 Å². The largest absolute Gasteiger partial charge is 0.497 e. The van der Waals surface area contributed by atoms with Crippen LogP contribution < -0.4 is 4.74 Å². The second-order valence-corrected chi connectivity index (χ2v) is 7.58. The lowest BCUT2D eigenvalue weighted by Gasteiger charge is -2.26. The summed E-state index contributed by atoms with van der Waals surface area (Å²) in [5, 5.41) is 0. The number of imide groups is 1. The summed E-state index contributed by atoms with van der Waals surface area (Å²) in [6, 6.07) is 13.0. The van der Waals surface area contributed by atoms with Gasteiger partial charge >= 0.3 is 0 Å². The number of likely N-dealkylation sites (tertiary alicyclic amines) is 1. The van der Waals surface area contributed by atoms with E-state index in [1.807, 2.05) is 42.2 Å². The number of benzene rings is 2. The Kier molecular flexibility index (Phi) is 5.09. The predicted molar refractivity (Wildman–Crippen MR) is 108 cm³/mol. The zero-order valence-electron chi connectivity index (χ0n) is 16.7. The van der Waals surface area contributed by atoms with Crippen LogP contribution in [0.25, 0.3) is 0 Å². The van der Waals surface area contributed by atoms with Crippen LogP contribution in [-0.2, 0) is 4.79 Å². The van der Waals surface area contributed by atoms with E-state index in [4.69, 9.17) is 4.74 Å². The molecule has 0 aromatic heterocycles. The van der Waals surface area contributed by atoms with E-state index in [1.54, 1.807) is 19.2 Å². The van der Waals surface area contributed by atoms with Gasteiger partial charge in [-0.3, -0.25) is 19.3 Å². The molecule has 2 aliphatic heterocycles. The van der Waals surface area contributed by atoms with Crippen LogP contribution in [0.5, 0.6) is 5.75 Å². The lowest BCUT2D eigenvalue weighted by Crippen LogP contribution is -2.36. The summed E-state index contributed by atoms with van der Waals surface area (Å²) in [4.78, 5) is 41.1. The molecule has 0 spiro atoms. The molecule has 29 heavy (non-hydrogen) atoms. The molecule has 1 fully saturated rings. The van der Waals surface area contributed by atoms with Gasteiger partial charge in [-0.1, -0.05) is 23.8 Å². The molecule has 0 N–H and O–H groups in total. The van der Waals surface area contributed by atoms with E-state index in [0.29, 0.717) is 17.7 Å². The van der Waals surface area contributed by atoms with Crippen LogP contribution >= 0.6 is 0 Å². The molecule has 6 heteroatoms. The maximum atomic E-state index is 12.9. The average Bonchev–Trinajstić information content (AvgIpc) is 3.31. The molecular weight excluding hydrogens is 368 g/mol. The number of nitrogens with zero attached hydrogens (tertiary/aromatic N) is 2. The van der Waals surface area contributed by atoms with Crippen molar-refractivity contribution in [3.8, 4) is 5.75 Å². The summed E-state index contributed by atoms with van der Waals surface area (Å²) in [6.07, 6.45) is 1.98. The number of hydrogen-bond donors (Lipinski definition) is 0. The van der Waals surface area contributed by atoms with Gasteiger partial charge in [0.2, 0.25) is 5.91 Å². The fourth-order valence-corrected chi connectivity index (χ4v) is 4.20. The first-order valence-corrected chi connectivity index (χ1v) is 9.90. The summed E-state index contributed by atoms with van der Waals surface area (Å²) in [6.45, 7) is 2.68. The average molecular weight is 392 g/mol. The quantitative estimate of drug-likeness (QED) is 0.732. The van der Waals surface area contributed by atoms with E-state index in [1.165, 1.54) is 4.90 Å². The first kappa shape index (κ1) is 19.2. The van der Waals surface area contributed by atoms with Gasteiger partial charge in [0.15, 0.2) is 0 Å². The van der Waals surface area contributed by atoms with Crippen molar-refractivity contribution >= 4 is 17.7 Å². The topological polar surface area (TPSA) is 66.9 Å². The smallest absolute Gasteiger partial charge is 0.261 e.